The van der Waals surface area contributed by atoms with Crippen LogP contribution in [0.1, 0.15) is 38.1 Å². The highest BCUT2D eigenvalue weighted by Gasteiger charge is 2.25. The van der Waals surface area contributed by atoms with Crippen molar-refractivity contribution in [3.63, 3.8) is 0 Å². The average molecular weight is 235 g/mol. The number of rotatable bonds is 3. The molecule has 0 aliphatic carbocycles. The summed E-state index contributed by atoms with van der Waals surface area (Å²) in [6.07, 6.45) is 0. The van der Waals surface area contributed by atoms with E-state index in [9.17, 15) is 4.79 Å². The number of hydrogen-bond donors (Lipinski definition) is 0. The number of carbonyl (C=O) groups is 1. The van der Waals surface area contributed by atoms with Crippen LogP contribution in [0.25, 0.3) is 0 Å². The molecule has 0 radical (unpaired) electrons. The van der Waals surface area contributed by atoms with Gasteiger partial charge in [0.2, 0.25) is 0 Å². The minimum absolute atomic E-state index is 0.0406. The Balaban J connectivity index is 3.02. The highest BCUT2D eigenvalue weighted by molar-refractivity contribution is 5.95. The van der Waals surface area contributed by atoms with E-state index in [4.69, 9.17) is 4.74 Å². The lowest BCUT2D eigenvalue weighted by Gasteiger charge is -2.35. The molecule has 3 nitrogen and oxygen atoms in total. The smallest absolute Gasteiger partial charge is 0.254 e. The summed E-state index contributed by atoms with van der Waals surface area (Å²) in [5, 5.41) is 0. The van der Waals surface area contributed by atoms with Crippen LogP contribution in [-0.4, -0.2) is 30.0 Å². The second-order valence-electron chi connectivity index (χ2n) is 4.95. The molecule has 0 aliphatic rings. The maximum atomic E-state index is 12.4. The number of ether oxygens (including phenoxy) is 1. The number of carbonyl (C=O) groups excluding carboxylic acids is 1. The molecule has 1 aromatic rings. The molecule has 0 fully saturated rings. The van der Waals surface area contributed by atoms with Crippen LogP contribution in [0.4, 0.5) is 0 Å². The molecule has 1 aromatic carbocycles. The van der Waals surface area contributed by atoms with Gasteiger partial charge >= 0.3 is 0 Å². The quantitative estimate of drug-likeness (QED) is 0.806. The lowest BCUT2D eigenvalue weighted by Crippen LogP contribution is -2.45. The summed E-state index contributed by atoms with van der Waals surface area (Å²) < 4.78 is 5.13. The molecule has 0 N–H and O–H groups in total. The molecule has 3 heteroatoms. The Labute approximate surface area is 103 Å². The molecule has 0 saturated carbocycles. The average Bonchev–Trinajstić information content (AvgIpc) is 2.28. The van der Waals surface area contributed by atoms with Crippen LogP contribution in [0.5, 0.6) is 5.75 Å². The number of methoxy groups -OCH3 is 1. The fourth-order valence-corrected chi connectivity index (χ4v) is 1.83. The van der Waals surface area contributed by atoms with Gasteiger partial charge in [0, 0.05) is 17.6 Å². The third kappa shape index (κ3) is 3.22. The molecule has 0 aliphatic heterocycles. The topological polar surface area (TPSA) is 29.5 Å². The standard InChI is InChI=1S/C14H21NO2/c1-6-15(14(2,3)4)13(16)11-8-7-9-12(10-11)17-5/h7-10H,6H2,1-5H3. The van der Waals surface area contributed by atoms with Gasteiger partial charge < -0.3 is 9.64 Å². The molecular formula is C14H21NO2. The van der Waals surface area contributed by atoms with Gasteiger partial charge in [0.1, 0.15) is 5.75 Å². The third-order valence-electron chi connectivity index (χ3n) is 2.69. The van der Waals surface area contributed by atoms with Crippen molar-refractivity contribution in [2.75, 3.05) is 13.7 Å². The maximum Gasteiger partial charge on any atom is 0.254 e. The molecule has 0 heterocycles. The monoisotopic (exact) mass is 235 g/mol. The van der Waals surface area contributed by atoms with Gasteiger partial charge in [-0.3, -0.25) is 4.79 Å². The second kappa shape index (κ2) is 5.21. The van der Waals surface area contributed by atoms with E-state index >= 15 is 0 Å². The molecule has 0 spiro atoms. The van der Waals surface area contributed by atoms with Crippen LogP contribution in [-0.2, 0) is 0 Å². The molecule has 0 saturated heterocycles. The number of amides is 1. The molecule has 17 heavy (non-hydrogen) atoms. The normalized spacial score (nSPS) is 11.1. The van der Waals surface area contributed by atoms with Gasteiger partial charge in [-0.25, -0.2) is 0 Å². The molecule has 1 rings (SSSR count). The first kappa shape index (κ1) is 13.6. The summed E-state index contributed by atoms with van der Waals surface area (Å²) in [5.74, 6) is 0.750. The van der Waals surface area contributed by atoms with Gasteiger partial charge in [-0.2, -0.15) is 0 Å². The molecule has 94 valence electrons. The first-order valence-corrected chi connectivity index (χ1v) is 5.86. The lowest BCUT2D eigenvalue weighted by atomic mass is 10.0. The van der Waals surface area contributed by atoms with Crippen molar-refractivity contribution >= 4 is 5.91 Å². The zero-order chi connectivity index (χ0) is 13.1. The minimum atomic E-state index is -0.172. The molecule has 0 bridgehead atoms. The predicted molar refractivity (Wildman–Crippen MR) is 69.5 cm³/mol. The molecular weight excluding hydrogens is 214 g/mol. The Kier molecular flexibility index (Phi) is 4.16. The summed E-state index contributed by atoms with van der Waals surface area (Å²) in [7, 11) is 1.60. The van der Waals surface area contributed by atoms with Gasteiger partial charge in [-0.15, -0.1) is 0 Å². The van der Waals surface area contributed by atoms with Crippen molar-refractivity contribution in [1.29, 1.82) is 0 Å². The largest absolute Gasteiger partial charge is 0.497 e. The Bertz CT molecular complexity index is 393. The molecule has 0 aromatic heterocycles. The molecule has 0 atom stereocenters. The number of benzene rings is 1. The summed E-state index contributed by atoms with van der Waals surface area (Å²) >= 11 is 0. The summed E-state index contributed by atoms with van der Waals surface area (Å²) in [6.45, 7) is 8.79. The Morgan fingerprint density at radius 3 is 2.47 bits per heavy atom. The maximum absolute atomic E-state index is 12.4. The fraction of sp³-hybridized carbons (Fsp3) is 0.500. The predicted octanol–water partition coefficient (Wildman–Crippen LogP) is 2.96. The first-order chi connectivity index (χ1) is 7.90. The number of hydrogen-bond acceptors (Lipinski definition) is 2. The lowest BCUT2D eigenvalue weighted by molar-refractivity contribution is 0.0598. The van der Waals surface area contributed by atoms with Crippen molar-refractivity contribution in [2.24, 2.45) is 0 Å². The molecule has 1 amide bonds. The van der Waals surface area contributed by atoms with Crippen molar-refractivity contribution < 1.29 is 9.53 Å². The van der Waals surface area contributed by atoms with E-state index in [-0.39, 0.29) is 11.4 Å². The van der Waals surface area contributed by atoms with E-state index in [0.29, 0.717) is 17.9 Å². The Morgan fingerprint density at radius 1 is 1.35 bits per heavy atom. The van der Waals surface area contributed by atoms with Crippen LogP contribution < -0.4 is 4.74 Å². The van der Waals surface area contributed by atoms with Crippen LogP contribution in [0, 0.1) is 0 Å². The first-order valence-electron chi connectivity index (χ1n) is 5.86. The summed E-state index contributed by atoms with van der Waals surface area (Å²) in [5.41, 5.74) is 0.496. The van der Waals surface area contributed by atoms with Crippen molar-refractivity contribution in [3.8, 4) is 5.75 Å². The van der Waals surface area contributed by atoms with E-state index in [1.807, 2.05) is 50.8 Å². The van der Waals surface area contributed by atoms with Crippen LogP contribution in [0.15, 0.2) is 24.3 Å². The van der Waals surface area contributed by atoms with Gasteiger partial charge in [-0.05, 0) is 45.9 Å². The summed E-state index contributed by atoms with van der Waals surface area (Å²) in [4.78, 5) is 14.2. The fourth-order valence-electron chi connectivity index (χ4n) is 1.83. The SMILES string of the molecule is CCN(C(=O)c1cccc(OC)c1)C(C)(C)C. The van der Waals surface area contributed by atoms with Gasteiger partial charge in [0.25, 0.3) is 5.91 Å². The van der Waals surface area contributed by atoms with E-state index in [0.717, 1.165) is 0 Å². The zero-order valence-electron chi connectivity index (χ0n) is 11.3. The third-order valence-corrected chi connectivity index (χ3v) is 2.69. The van der Waals surface area contributed by atoms with Crippen molar-refractivity contribution in [3.05, 3.63) is 29.8 Å². The summed E-state index contributed by atoms with van der Waals surface area (Å²) in [6, 6.07) is 7.27. The highest BCUT2D eigenvalue weighted by Crippen LogP contribution is 2.19. The Hall–Kier alpha value is -1.51. The van der Waals surface area contributed by atoms with Crippen molar-refractivity contribution in [2.45, 2.75) is 33.2 Å². The van der Waals surface area contributed by atoms with Gasteiger partial charge in [-0.1, -0.05) is 6.07 Å². The van der Waals surface area contributed by atoms with Gasteiger partial charge in [0.15, 0.2) is 0 Å². The van der Waals surface area contributed by atoms with Crippen molar-refractivity contribution in [1.82, 2.24) is 4.90 Å². The van der Waals surface area contributed by atoms with E-state index in [1.165, 1.54) is 0 Å². The minimum Gasteiger partial charge on any atom is -0.497 e. The highest BCUT2D eigenvalue weighted by atomic mass is 16.5. The number of nitrogens with zero attached hydrogens (tertiary/aromatic N) is 1. The van der Waals surface area contributed by atoms with Gasteiger partial charge in [0.05, 0.1) is 7.11 Å². The van der Waals surface area contributed by atoms with E-state index in [2.05, 4.69) is 0 Å². The zero-order valence-corrected chi connectivity index (χ0v) is 11.3. The Morgan fingerprint density at radius 2 is 2.00 bits per heavy atom. The molecule has 0 unspecified atom stereocenters. The van der Waals surface area contributed by atoms with E-state index < -0.39 is 0 Å². The van der Waals surface area contributed by atoms with Crippen LogP contribution in [0.2, 0.25) is 0 Å². The van der Waals surface area contributed by atoms with Crippen LogP contribution >= 0.6 is 0 Å². The van der Waals surface area contributed by atoms with Crippen LogP contribution in [0.3, 0.4) is 0 Å². The van der Waals surface area contributed by atoms with E-state index in [1.54, 1.807) is 13.2 Å². The second-order valence-corrected chi connectivity index (χ2v) is 4.95.